The SMILES string of the molecule is c1cncc(-c2cncc(-c3cnc(Nc4cc(N5CCOCC5)ccn4)s3)c2)c1. The minimum atomic E-state index is 0.757. The molecule has 150 valence electrons. The Balaban J connectivity index is 1.34. The van der Waals surface area contributed by atoms with Gasteiger partial charge in [-0.15, -0.1) is 0 Å². The maximum absolute atomic E-state index is 5.44. The topological polar surface area (TPSA) is 76.1 Å². The summed E-state index contributed by atoms with van der Waals surface area (Å²) in [6, 6.07) is 10.1. The molecule has 5 heterocycles. The molecule has 0 unspecified atom stereocenters. The van der Waals surface area contributed by atoms with Crippen molar-refractivity contribution in [3.8, 4) is 21.6 Å². The van der Waals surface area contributed by atoms with Crippen LogP contribution in [-0.4, -0.2) is 46.2 Å². The lowest BCUT2D eigenvalue weighted by Gasteiger charge is -2.28. The molecule has 0 radical (unpaired) electrons. The molecule has 4 aromatic heterocycles. The summed E-state index contributed by atoms with van der Waals surface area (Å²) in [6.45, 7) is 3.30. The molecule has 30 heavy (non-hydrogen) atoms. The number of pyridine rings is 3. The van der Waals surface area contributed by atoms with Crippen molar-refractivity contribution in [1.82, 2.24) is 19.9 Å². The van der Waals surface area contributed by atoms with Crippen LogP contribution in [0, 0.1) is 0 Å². The molecule has 1 aliphatic rings. The standard InChI is InChI=1S/C22H20N6OS/c1-2-16(12-23-4-1)17-10-18(14-24-13-17)20-15-26-22(30-20)27-21-11-19(3-5-25-21)28-6-8-29-9-7-28/h1-5,10-15H,6-9H2,(H,25,26,27). The van der Waals surface area contributed by atoms with Crippen molar-refractivity contribution in [3.05, 3.63) is 67.5 Å². The molecular weight excluding hydrogens is 396 g/mol. The molecule has 7 nitrogen and oxygen atoms in total. The minimum Gasteiger partial charge on any atom is -0.378 e. The van der Waals surface area contributed by atoms with Gasteiger partial charge in [-0.1, -0.05) is 17.4 Å². The van der Waals surface area contributed by atoms with E-state index in [0.717, 1.165) is 64.5 Å². The third-order valence-corrected chi connectivity index (χ3v) is 5.84. The number of thiazole rings is 1. The zero-order valence-electron chi connectivity index (χ0n) is 16.2. The van der Waals surface area contributed by atoms with Crippen LogP contribution in [0.4, 0.5) is 16.6 Å². The number of ether oxygens (including phenoxy) is 1. The summed E-state index contributed by atoms with van der Waals surface area (Å²) >= 11 is 1.57. The van der Waals surface area contributed by atoms with Crippen molar-refractivity contribution in [3.63, 3.8) is 0 Å². The molecule has 1 aliphatic heterocycles. The lowest BCUT2D eigenvalue weighted by atomic mass is 10.1. The number of hydrogen-bond acceptors (Lipinski definition) is 8. The largest absolute Gasteiger partial charge is 0.378 e. The highest BCUT2D eigenvalue weighted by Gasteiger charge is 2.13. The Morgan fingerprint density at radius 3 is 2.60 bits per heavy atom. The molecule has 0 spiro atoms. The van der Waals surface area contributed by atoms with E-state index in [-0.39, 0.29) is 0 Å². The molecule has 0 aliphatic carbocycles. The fourth-order valence-electron chi connectivity index (χ4n) is 3.35. The molecule has 0 amide bonds. The predicted molar refractivity (Wildman–Crippen MR) is 119 cm³/mol. The van der Waals surface area contributed by atoms with Gasteiger partial charge in [-0.05, 0) is 18.2 Å². The van der Waals surface area contributed by atoms with Gasteiger partial charge in [0.1, 0.15) is 5.82 Å². The van der Waals surface area contributed by atoms with Crippen LogP contribution in [0.15, 0.2) is 67.5 Å². The van der Waals surface area contributed by atoms with E-state index >= 15 is 0 Å². The van der Waals surface area contributed by atoms with Gasteiger partial charge in [0.15, 0.2) is 5.13 Å². The molecule has 1 saturated heterocycles. The lowest BCUT2D eigenvalue weighted by molar-refractivity contribution is 0.122. The Bertz CT molecular complexity index is 1130. The molecule has 0 atom stereocenters. The van der Waals surface area contributed by atoms with Crippen LogP contribution in [-0.2, 0) is 4.74 Å². The van der Waals surface area contributed by atoms with Crippen LogP contribution in [0.2, 0.25) is 0 Å². The maximum atomic E-state index is 5.44. The van der Waals surface area contributed by atoms with E-state index < -0.39 is 0 Å². The summed E-state index contributed by atoms with van der Waals surface area (Å²) in [6.07, 6.45) is 11.0. The van der Waals surface area contributed by atoms with Crippen LogP contribution in [0.1, 0.15) is 0 Å². The van der Waals surface area contributed by atoms with Crippen molar-refractivity contribution >= 4 is 28.0 Å². The van der Waals surface area contributed by atoms with Gasteiger partial charge in [-0.3, -0.25) is 9.97 Å². The first-order chi connectivity index (χ1) is 14.8. The second-order valence-corrected chi connectivity index (χ2v) is 7.89. The number of anilines is 3. The first kappa shape index (κ1) is 18.7. The predicted octanol–water partition coefficient (Wildman–Crippen LogP) is 4.24. The number of nitrogens with zero attached hydrogens (tertiary/aromatic N) is 5. The number of aromatic nitrogens is 4. The van der Waals surface area contributed by atoms with Gasteiger partial charge in [-0.2, -0.15) is 0 Å². The van der Waals surface area contributed by atoms with Crippen molar-refractivity contribution in [2.75, 3.05) is 36.5 Å². The zero-order chi connectivity index (χ0) is 20.2. The smallest absolute Gasteiger partial charge is 0.188 e. The number of morpholine rings is 1. The number of nitrogens with one attached hydrogen (secondary N) is 1. The molecule has 8 heteroatoms. The first-order valence-electron chi connectivity index (χ1n) is 9.72. The summed E-state index contributed by atoms with van der Waals surface area (Å²) in [7, 11) is 0. The van der Waals surface area contributed by atoms with Gasteiger partial charge < -0.3 is 15.0 Å². The van der Waals surface area contributed by atoms with Gasteiger partial charge in [0, 0.05) is 78.7 Å². The van der Waals surface area contributed by atoms with E-state index in [9.17, 15) is 0 Å². The molecule has 0 bridgehead atoms. The Labute approximate surface area is 178 Å². The van der Waals surface area contributed by atoms with Gasteiger partial charge in [0.2, 0.25) is 0 Å². The Morgan fingerprint density at radius 2 is 1.73 bits per heavy atom. The van der Waals surface area contributed by atoms with Crippen molar-refractivity contribution in [2.45, 2.75) is 0 Å². The lowest BCUT2D eigenvalue weighted by Crippen LogP contribution is -2.36. The minimum absolute atomic E-state index is 0.757. The van der Waals surface area contributed by atoms with Gasteiger partial charge in [0.05, 0.1) is 18.1 Å². The first-order valence-corrected chi connectivity index (χ1v) is 10.5. The van der Waals surface area contributed by atoms with Crippen LogP contribution in [0.5, 0.6) is 0 Å². The average Bonchev–Trinajstić information content (AvgIpc) is 3.29. The third kappa shape index (κ3) is 4.14. The fraction of sp³-hybridized carbons (Fsp3) is 0.182. The number of hydrogen-bond donors (Lipinski definition) is 1. The Hall–Kier alpha value is -3.36. The summed E-state index contributed by atoms with van der Waals surface area (Å²) in [5.74, 6) is 0.780. The van der Waals surface area contributed by atoms with Crippen LogP contribution in [0.3, 0.4) is 0 Å². The third-order valence-electron chi connectivity index (χ3n) is 4.88. The Morgan fingerprint density at radius 1 is 0.867 bits per heavy atom. The van der Waals surface area contributed by atoms with E-state index in [1.54, 1.807) is 17.5 Å². The quantitative estimate of drug-likeness (QED) is 0.521. The van der Waals surface area contributed by atoms with E-state index in [1.807, 2.05) is 49.2 Å². The van der Waals surface area contributed by atoms with E-state index in [2.05, 4.69) is 42.3 Å². The van der Waals surface area contributed by atoms with Crippen molar-refractivity contribution < 1.29 is 4.74 Å². The van der Waals surface area contributed by atoms with Crippen molar-refractivity contribution in [1.29, 1.82) is 0 Å². The molecular formula is C22H20N6OS. The number of rotatable bonds is 5. The summed E-state index contributed by atoms with van der Waals surface area (Å²) in [5, 5.41) is 4.12. The molecule has 4 aromatic rings. The fourth-order valence-corrected chi connectivity index (χ4v) is 4.15. The molecule has 0 saturated carbocycles. The van der Waals surface area contributed by atoms with E-state index in [0.29, 0.717) is 0 Å². The summed E-state index contributed by atoms with van der Waals surface area (Å²) < 4.78 is 5.44. The van der Waals surface area contributed by atoms with Crippen LogP contribution < -0.4 is 10.2 Å². The Kier molecular flexibility index (Phi) is 5.32. The second kappa shape index (κ2) is 8.56. The highest BCUT2D eigenvalue weighted by Crippen LogP contribution is 2.32. The molecule has 1 fully saturated rings. The van der Waals surface area contributed by atoms with Crippen LogP contribution >= 0.6 is 11.3 Å². The van der Waals surface area contributed by atoms with Crippen molar-refractivity contribution in [2.24, 2.45) is 0 Å². The maximum Gasteiger partial charge on any atom is 0.188 e. The summed E-state index contributed by atoms with van der Waals surface area (Å²) in [4.78, 5) is 20.9. The molecule has 0 aromatic carbocycles. The van der Waals surface area contributed by atoms with Gasteiger partial charge in [-0.25, -0.2) is 9.97 Å². The normalized spacial score (nSPS) is 13.9. The van der Waals surface area contributed by atoms with E-state index in [1.165, 1.54) is 0 Å². The average molecular weight is 417 g/mol. The molecule has 5 rings (SSSR count). The van der Waals surface area contributed by atoms with Gasteiger partial charge in [0.25, 0.3) is 0 Å². The highest BCUT2D eigenvalue weighted by atomic mass is 32.1. The second-order valence-electron chi connectivity index (χ2n) is 6.86. The monoisotopic (exact) mass is 416 g/mol. The zero-order valence-corrected chi connectivity index (χ0v) is 17.0. The summed E-state index contributed by atoms with van der Waals surface area (Å²) in [5.41, 5.74) is 4.24. The highest BCUT2D eigenvalue weighted by molar-refractivity contribution is 7.18. The van der Waals surface area contributed by atoms with Crippen LogP contribution in [0.25, 0.3) is 21.6 Å². The van der Waals surface area contributed by atoms with E-state index in [4.69, 9.17) is 4.74 Å². The molecule has 1 N–H and O–H groups in total. The van der Waals surface area contributed by atoms with Gasteiger partial charge >= 0.3 is 0 Å².